The van der Waals surface area contributed by atoms with Gasteiger partial charge in [-0.3, -0.25) is 9.20 Å². The van der Waals surface area contributed by atoms with Crippen molar-refractivity contribution in [1.29, 1.82) is 0 Å². The number of carbonyl (C=O) groups excluding carboxylic acids is 1. The summed E-state index contributed by atoms with van der Waals surface area (Å²) in [6, 6.07) is 3.22. The molecule has 0 radical (unpaired) electrons. The van der Waals surface area contributed by atoms with Gasteiger partial charge in [-0.15, -0.1) is 0 Å². The molecule has 0 bridgehead atoms. The first-order chi connectivity index (χ1) is 16.2. The Balaban J connectivity index is 1.41. The number of nitrogens with zero attached hydrogens (tertiary/aromatic N) is 5. The Hall–Kier alpha value is -3.60. The highest BCUT2D eigenvalue weighted by Gasteiger charge is 2.45. The van der Waals surface area contributed by atoms with E-state index in [1.165, 1.54) is 12.3 Å². The van der Waals surface area contributed by atoms with Crippen LogP contribution in [0.4, 0.5) is 19.0 Å². The molecule has 2 aliphatic rings. The Morgan fingerprint density at radius 1 is 1.21 bits per heavy atom. The molecule has 0 spiro atoms. The minimum atomic E-state index is -4.61. The SMILES string of the molecule is Nc1nc2cnc(C(=O)N3CCC[C@@H]4Oc5cc(C(F)(F)F)c(Cl)cc5[C@@H]43)cc2n2cncc12. The van der Waals surface area contributed by atoms with Crippen LogP contribution in [0.25, 0.3) is 16.6 Å². The number of pyridine rings is 1. The Bertz CT molecular complexity index is 1490. The number of hydrogen-bond donors (Lipinski definition) is 1. The first-order valence-corrected chi connectivity index (χ1v) is 10.9. The molecule has 1 saturated heterocycles. The molecule has 1 fully saturated rings. The van der Waals surface area contributed by atoms with E-state index in [4.69, 9.17) is 22.1 Å². The third-order valence-corrected chi connectivity index (χ3v) is 6.63. The lowest BCUT2D eigenvalue weighted by atomic mass is 9.93. The fraction of sp³-hybridized carbons (Fsp3) is 0.273. The Kier molecular flexibility index (Phi) is 4.44. The number of piperidine rings is 1. The van der Waals surface area contributed by atoms with Crippen molar-refractivity contribution >= 4 is 39.9 Å². The van der Waals surface area contributed by atoms with E-state index < -0.39 is 28.9 Å². The number of nitrogen functional groups attached to an aromatic ring is 1. The number of fused-ring (bicyclic) bond motifs is 6. The van der Waals surface area contributed by atoms with Crippen molar-refractivity contribution in [3.8, 4) is 5.75 Å². The quantitative estimate of drug-likeness (QED) is 0.429. The summed E-state index contributed by atoms with van der Waals surface area (Å²) < 4.78 is 47.5. The molecule has 2 atom stereocenters. The Morgan fingerprint density at radius 2 is 2.03 bits per heavy atom. The summed E-state index contributed by atoms with van der Waals surface area (Å²) in [6.07, 6.45) is 0.779. The molecule has 1 amide bonds. The lowest BCUT2D eigenvalue weighted by molar-refractivity contribution is -0.137. The zero-order valence-corrected chi connectivity index (χ0v) is 18.1. The zero-order chi connectivity index (χ0) is 23.8. The van der Waals surface area contributed by atoms with Crippen LogP contribution in [-0.4, -0.2) is 42.8 Å². The molecule has 0 saturated carbocycles. The van der Waals surface area contributed by atoms with Crippen molar-refractivity contribution in [3.05, 3.63) is 58.8 Å². The number of likely N-dealkylation sites (tertiary alicyclic amines) is 1. The fourth-order valence-electron chi connectivity index (χ4n) is 4.81. The van der Waals surface area contributed by atoms with Gasteiger partial charge < -0.3 is 15.4 Å². The molecule has 174 valence electrons. The van der Waals surface area contributed by atoms with E-state index in [9.17, 15) is 18.0 Å². The number of rotatable bonds is 1. The number of hydrogen-bond acceptors (Lipinski definition) is 6. The van der Waals surface area contributed by atoms with E-state index in [0.29, 0.717) is 47.3 Å². The summed E-state index contributed by atoms with van der Waals surface area (Å²) in [4.78, 5) is 27.9. The number of nitrogens with two attached hydrogens (primary N) is 1. The lowest BCUT2D eigenvalue weighted by Crippen LogP contribution is -2.44. The van der Waals surface area contributed by atoms with Crippen LogP contribution in [0.15, 0.2) is 36.9 Å². The Morgan fingerprint density at radius 3 is 2.82 bits per heavy atom. The second-order valence-corrected chi connectivity index (χ2v) is 8.72. The number of halogens is 4. The molecule has 34 heavy (non-hydrogen) atoms. The summed E-state index contributed by atoms with van der Waals surface area (Å²) in [7, 11) is 0. The van der Waals surface area contributed by atoms with Gasteiger partial charge in [-0.05, 0) is 31.0 Å². The summed E-state index contributed by atoms with van der Waals surface area (Å²) in [5, 5.41) is -0.427. The molecule has 2 N–H and O–H groups in total. The van der Waals surface area contributed by atoms with Crippen molar-refractivity contribution < 1.29 is 22.7 Å². The average Bonchev–Trinajstić information content (AvgIpc) is 3.42. The summed E-state index contributed by atoms with van der Waals surface area (Å²) in [5.41, 5.74) is 7.34. The molecule has 3 aromatic heterocycles. The third kappa shape index (κ3) is 3.07. The highest BCUT2D eigenvalue weighted by atomic mass is 35.5. The zero-order valence-electron chi connectivity index (χ0n) is 17.4. The summed E-state index contributed by atoms with van der Waals surface area (Å²) >= 11 is 5.97. The van der Waals surface area contributed by atoms with Crippen molar-refractivity contribution in [2.75, 3.05) is 12.3 Å². The van der Waals surface area contributed by atoms with E-state index in [-0.39, 0.29) is 17.4 Å². The maximum absolute atomic E-state index is 13.6. The predicted octanol–water partition coefficient (Wildman–Crippen LogP) is 4.27. The molecule has 4 aromatic rings. The maximum atomic E-state index is 13.6. The first kappa shape index (κ1) is 21.0. The van der Waals surface area contributed by atoms with Gasteiger partial charge in [0.2, 0.25) is 0 Å². The van der Waals surface area contributed by atoms with Gasteiger partial charge in [0, 0.05) is 12.1 Å². The molecule has 1 aromatic carbocycles. The fourth-order valence-corrected chi connectivity index (χ4v) is 5.09. The lowest BCUT2D eigenvalue weighted by Gasteiger charge is -2.36. The minimum absolute atomic E-state index is 0.0951. The average molecular weight is 489 g/mol. The second-order valence-electron chi connectivity index (χ2n) is 8.31. The van der Waals surface area contributed by atoms with Gasteiger partial charge in [-0.25, -0.2) is 15.0 Å². The Labute approximate surface area is 195 Å². The van der Waals surface area contributed by atoms with Crippen LogP contribution in [0.1, 0.15) is 40.5 Å². The van der Waals surface area contributed by atoms with Crippen LogP contribution in [0.3, 0.4) is 0 Å². The number of aromatic nitrogens is 4. The molecular formula is C22H16ClF3N6O2. The van der Waals surface area contributed by atoms with Crippen molar-refractivity contribution in [3.63, 3.8) is 0 Å². The summed E-state index contributed by atoms with van der Waals surface area (Å²) in [5.74, 6) is 0.0198. The van der Waals surface area contributed by atoms with Gasteiger partial charge in [0.1, 0.15) is 34.4 Å². The maximum Gasteiger partial charge on any atom is 0.417 e. The smallest absolute Gasteiger partial charge is 0.417 e. The molecule has 2 aliphatic heterocycles. The number of ether oxygens (including phenoxy) is 1. The monoisotopic (exact) mass is 488 g/mol. The van der Waals surface area contributed by atoms with Gasteiger partial charge in [0.05, 0.1) is 40.9 Å². The van der Waals surface area contributed by atoms with Crippen LogP contribution in [0.2, 0.25) is 5.02 Å². The second kappa shape index (κ2) is 7.20. The molecule has 0 unspecified atom stereocenters. The number of alkyl halides is 3. The highest BCUT2D eigenvalue weighted by molar-refractivity contribution is 6.31. The standard InChI is InChI=1S/C22H16ClF3N6O2/c23-12-4-10-18(5-11(12)22(24,25)26)34-17-2-1-3-31(19(10)17)21(33)13-6-15-14(7-29-13)30-20(27)16-8-28-9-32(15)16/h4-9,17,19H,1-3H2,(H2,27,30)/t17-,19-/m0/s1. The molecule has 6 rings (SSSR count). The van der Waals surface area contributed by atoms with E-state index >= 15 is 0 Å². The van der Waals surface area contributed by atoms with Crippen LogP contribution >= 0.6 is 11.6 Å². The van der Waals surface area contributed by atoms with Gasteiger partial charge in [-0.2, -0.15) is 13.2 Å². The summed E-state index contributed by atoms with van der Waals surface area (Å²) in [6.45, 7) is 0.404. The van der Waals surface area contributed by atoms with Gasteiger partial charge >= 0.3 is 6.18 Å². The largest absolute Gasteiger partial charge is 0.488 e. The van der Waals surface area contributed by atoms with Crippen molar-refractivity contribution in [2.45, 2.75) is 31.2 Å². The molecule has 0 aliphatic carbocycles. The van der Waals surface area contributed by atoms with Gasteiger partial charge in [-0.1, -0.05) is 11.6 Å². The number of imidazole rings is 1. The van der Waals surface area contributed by atoms with E-state index in [2.05, 4.69) is 15.0 Å². The van der Waals surface area contributed by atoms with Crippen molar-refractivity contribution in [2.24, 2.45) is 0 Å². The minimum Gasteiger partial charge on any atom is -0.488 e. The van der Waals surface area contributed by atoms with E-state index in [0.717, 1.165) is 6.07 Å². The van der Waals surface area contributed by atoms with Crippen molar-refractivity contribution in [1.82, 2.24) is 24.3 Å². The molecule has 5 heterocycles. The number of anilines is 1. The van der Waals surface area contributed by atoms with Crippen LogP contribution in [-0.2, 0) is 6.18 Å². The van der Waals surface area contributed by atoms with Crippen LogP contribution in [0.5, 0.6) is 5.75 Å². The predicted molar refractivity (Wildman–Crippen MR) is 117 cm³/mol. The van der Waals surface area contributed by atoms with Gasteiger partial charge in [0.25, 0.3) is 5.91 Å². The molecule has 8 nitrogen and oxygen atoms in total. The number of amides is 1. The topological polar surface area (TPSA) is 98.6 Å². The van der Waals surface area contributed by atoms with Crippen LogP contribution < -0.4 is 10.5 Å². The third-order valence-electron chi connectivity index (χ3n) is 6.32. The van der Waals surface area contributed by atoms with Gasteiger partial charge in [0.15, 0.2) is 0 Å². The van der Waals surface area contributed by atoms with Crippen LogP contribution in [0, 0.1) is 0 Å². The first-order valence-electron chi connectivity index (χ1n) is 10.5. The number of carbonyl (C=O) groups is 1. The number of benzene rings is 1. The van der Waals surface area contributed by atoms with E-state index in [1.54, 1.807) is 27.9 Å². The molecule has 12 heteroatoms. The normalized spacial score (nSPS) is 19.8. The highest BCUT2D eigenvalue weighted by Crippen LogP contribution is 2.49. The van der Waals surface area contributed by atoms with E-state index in [1.807, 2.05) is 0 Å². The molecular weight excluding hydrogens is 473 g/mol.